The molecular weight excluding hydrogens is 280 g/mol. The summed E-state index contributed by atoms with van der Waals surface area (Å²) in [6.45, 7) is 6.55. The SMILES string of the molecule is CCSC/C=C/COCCOCCOCCOCCO. The van der Waals surface area contributed by atoms with Gasteiger partial charge in [0.05, 0.1) is 59.5 Å². The van der Waals surface area contributed by atoms with Gasteiger partial charge >= 0.3 is 0 Å². The molecule has 0 saturated heterocycles. The van der Waals surface area contributed by atoms with Crippen molar-refractivity contribution in [2.24, 2.45) is 0 Å². The highest BCUT2D eigenvalue weighted by Gasteiger charge is 1.91. The van der Waals surface area contributed by atoms with Crippen LogP contribution >= 0.6 is 11.8 Å². The van der Waals surface area contributed by atoms with E-state index < -0.39 is 0 Å². The zero-order chi connectivity index (χ0) is 14.7. The second-order valence-corrected chi connectivity index (χ2v) is 5.09. The van der Waals surface area contributed by atoms with Crippen molar-refractivity contribution in [3.8, 4) is 0 Å². The van der Waals surface area contributed by atoms with Crippen LogP contribution in [0.3, 0.4) is 0 Å². The Morgan fingerprint density at radius 1 is 0.800 bits per heavy atom. The van der Waals surface area contributed by atoms with Gasteiger partial charge in [-0.3, -0.25) is 0 Å². The molecule has 120 valence electrons. The van der Waals surface area contributed by atoms with Gasteiger partial charge in [-0.2, -0.15) is 11.8 Å². The molecule has 20 heavy (non-hydrogen) atoms. The molecule has 0 radical (unpaired) electrons. The van der Waals surface area contributed by atoms with Crippen molar-refractivity contribution < 1.29 is 24.1 Å². The Morgan fingerprint density at radius 2 is 1.35 bits per heavy atom. The monoisotopic (exact) mass is 308 g/mol. The van der Waals surface area contributed by atoms with Crippen molar-refractivity contribution in [2.45, 2.75) is 6.92 Å². The molecule has 0 atom stereocenters. The molecule has 0 saturated carbocycles. The lowest BCUT2D eigenvalue weighted by atomic mass is 10.5. The molecule has 0 spiro atoms. The maximum atomic E-state index is 8.48. The number of rotatable bonds is 16. The summed E-state index contributed by atoms with van der Waals surface area (Å²) >= 11 is 1.89. The van der Waals surface area contributed by atoms with E-state index in [4.69, 9.17) is 24.1 Å². The average molecular weight is 308 g/mol. The first-order chi connectivity index (χ1) is 9.91. The summed E-state index contributed by atoms with van der Waals surface area (Å²) in [7, 11) is 0. The quantitative estimate of drug-likeness (QED) is 0.343. The molecule has 0 aliphatic carbocycles. The molecule has 5 nitrogen and oxygen atoms in total. The third-order valence-electron chi connectivity index (χ3n) is 2.15. The van der Waals surface area contributed by atoms with Crippen molar-refractivity contribution in [1.82, 2.24) is 0 Å². The molecule has 0 heterocycles. The smallest absolute Gasteiger partial charge is 0.0704 e. The molecule has 0 aliphatic heterocycles. The van der Waals surface area contributed by atoms with Crippen molar-refractivity contribution in [3.63, 3.8) is 0 Å². The molecule has 0 bridgehead atoms. The number of ether oxygens (including phenoxy) is 4. The Balaban J connectivity index is 2.97. The zero-order valence-corrected chi connectivity index (χ0v) is 13.2. The van der Waals surface area contributed by atoms with E-state index in [-0.39, 0.29) is 6.61 Å². The van der Waals surface area contributed by atoms with Gasteiger partial charge in [-0.15, -0.1) is 0 Å². The fraction of sp³-hybridized carbons (Fsp3) is 0.857. The fourth-order valence-corrected chi connectivity index (χ4v) is 1.71. The first kappa shape index (κ1) is 19.9. The predicted octanol–water partition coefficient (Wildman–Crippen LogP) is 1.35. The average Bonchev–Trinajstić information content (AvgIpc) is 2.47. The highest BCUT2D eigenvalue weighted by atomic mass is 32.2. The minimum atomic E-state index is 0.0513. The van der Waals surface area contributed by atoms with Crippen LogP contribution in [0, 0.1) is 0 Å². The molecule has 1 N–H and O–H groups in total. The molecule has 0 rings (SSSR count). The fourth-order valence-electron chi connectivity index (χ4n) is 1.20. The Kier molecular flexibility index (Phi) is 18.8. The molecular formula is C14H28O5S. The minimum absolute atomic E-state index is 0.0513. The summed E-state index contributed by atoms with van der Waals surface area (Å²) in [5.41, 5.74) is 0. The van der Waals surface area contributed by atoms with Gasteiger partial charge in [0, 0.05) is 5.75 Å². The van der Waals surface area contributed by atoms with Gasteiger partial charge in [-0.25, -0.2) is 0 Å². The standard InChI is InChI=1S/C14H28O5S/c1-2-20-14-4-3-6-16-8-10-18-12-13-19-11-9-17-7-5-15/h3-4,15H,2,5-14H2,1H3/b4-3+. The summed E-state index contributed by atoms with van der Waals surface area (Å²) in [6, 6.07) is 0. The molecule has 0 amide bonds. The highest BCUT2D eigenvalue weighted by molar-refractivity contribution is 7.99. The molecule has 0 aromatic heterocycles. The molecule has 0 unspecified atom stereocenters. The first-order valence-electron chi connectivity index (χ1n) is 7.06. The number of hydrogen-bond donors (Lipinski definition) is 1. The van der Waals surface area contributed by atoms with Crippen LogP contribution in [0.5, 0.6) is 0 Å². The lowest BCUT2D eigenvalue weighted by Crippen LogP contribution is -2.12. The molecule has 0 fully saturated rings. The maximum absolute atomic E-state index is 8.48. The Hall–Kier alpha value is -0.110. The van der Waals surface area contributed by atoms with Crippen LogP contribution in [-0.4, -0.2) is 76.1 Å². The van der Waals surface area contributed by atoms with Gasteiger partial charge in [0.1, 0.15) is 0 Å². The number of aliphatic hydroxyl groups excluding tert-OH is 1. The summed E-state index contributed by atoms with van der Waals surface area (Å²) in [5.74, 6) is 2.20. The van der Waals surface area contributed by atoms with Crippen molar-refractivity contribution in [1.29, 1.82) is 0 Å². The molecule has 6 heteroatoms. The minimum Gasteiger partial charge on any atom is -0.394 e. The van der Waals surface area contributed by atoms with Crippen LogP contribution in [0.4, 0.5) is 0 Å². The summed E-state index contributed by atoms with van der Waals surface area (Å²) in [5, 5.41) is 8.48. The Morgan fingerprint density at radius 3 is 1.90 bits per heavy atom. The van der Waals surface area contributed by atoms with E-state index in [1.54, 1.807) is 0 Å². The Bertz CT molecular complexity index is 202. The van der Waals surface area contributed by atoms with Crippen LogP contribution in [0.2, 0.25) is 0 Å². The molecule has 0 aromatic rings. The highest BCUT2D eigenvalue weighted by Crippen LogP contribution is 1.97. The Labute approximate surface area is 126 Å². The third kappa shape index (κ3) is 17.9. The van der Waals surface area contributed by atoms with Gasteiger partial charge in [0.15, 0.2) is 0 Å². The van der Waals surface area contributed by atoms with Gasteiger partial charge in [0.25, 0.3) is 0 Å². The predicted molar refractivity (Wildman–Crippen MR) is 82.5 cm³/mol. The summed E-state index contributed by atoms with van der Waals surface area (Å²) < 4.78 is 21.1. The van der Waals surface area contributed by atoms with Crippen molar-refractivity contribution in [2.75, 3.05) is 71.0 Å². The van der Waals surface area contributed by atoms with Crippen molar-refractivity contribution >= 4 is 11.8 Å². The lowest BCUT2D eigenvalue weighted by Gasteiger charge is -2.06. The topological polar surface area (TPSA) is 57.2 Å². The van der Waals surface area contributed by atoms with Gasteiger partial charge < -0.3 is 24.1 Å². The van der Waals surface area contributed by atoms with E-state index in [1.165, 1.54) is 0 Å². The second-order valence-electron chi connectivity index (χ2n) is 3.77. The number of hydrogen-bond acceptors (Lipinski definition) is 6. The molecule has 0 aliphatic rings. The largest absolute Gasteiger partial charge is 0.394 e. The van der Waals surface area contributed by atoms with E-state index in [1.807, 2.05) is 17.8 Å². The zero-order valence-electron chi connectivity index (χ0n) is 12.4. The van der Waals surface area contributed by atoms with Gasteiger partial charge in [0.2, 0.25) is 0 Å². The summed E-state index contributed by atoms with van der Waals surface area (Å²) in [6.07, 6.45) is 4.17. The van der Waals surface area contributed by atoms with E-state index in [0.29, 0.717) is 52.9 Å². The normalized spacial score (nSPS) is 11.5. The van der Waals surface area contributed by atoms with Crippen LogP contribution in [-0.2, 0) is 18.9 Å². The second kappa shape index (κ2) is 18.9. The van der Waals surface area contributed by atoms with E-state index in [2.05, 4.69) is 13.0 Å². The van der Waals surface area contributed by atoms with Crippen LogP contribution in [0.15, 0.2) is 12.2 Å². The van der Waals surface area contributed by atoms with Crippen molar-refractivity contribution in [3.05, 3.63) is 12.2 Å². The first-order valence-corrected chi connectivity index (χ1v) is 8.21. The van der Waals surface area contributed by atoms with Crippen LogP contribution in [0.25, 0.3) is 0 Å². The number of aliphatic hydroxyl groups is 1. The van der Waals surface area contributed by atoms with E-state index in [9.17, 15) is 0 Å². The van der Waals surface area contributed by atoms with E-state index in [0.717, 1.165) is 11.5 Å². The number of thioether (sulfide) groups is 1. The molecule has 0 aromatic carbocycles. The summed E-state index contributed by atoms with van der Waals surface area (Å²) in [4.78, 5) is 0. The van der Waals surface area contributed by atoms with Gasteiger partial charge in [-0.05, 0) is 5.75 Å². The van der Waals surface area contributed by atoms with Crippen LogP contribution in [0.1, 0.15) is 6.92 Å². The van der Waals surface area contributed by atoms with Crippen LogP contribution < -0.4 is 0 Å². The van der Waals surface area contributed by atoms with E-state index >= 15 is 0 Å². The maximum Gasteiger partial charge on any atom is 0.0704 e. The third-order valence-corrected chi connectivity index (χ3v) is 2.99. The lowest BCUT2D eigenvalue weighted by molar-refractivity contribution is -0.00325. The van der Waals surface area contributed by atoms with Gasteiger partial charge in [-0.1, -0.05) is 19.1 Å².